The van der Waals surface area contributed by atoms with E-state index in [2.05, 4.69) is 23.5 Å². The predicted molar refractivity (Wildman–Crippen MR) is 104 cm³/mol. The van der Waals surface area contributed by atoms with Gasteiger partial charge in [-0.05, 0) is 42.1 Å². The normalized spacial score (nSPS) is 20.3. The van der Waals surface area contributed by atoms with Gasteiger partial charge in [0.05, 0.1) is 0 Å². The van der Waals surface area contributed by atoms with Crippen molar-refractivity contribution in [2.75, 3.05) is 13.1 Å². The summed E-state index contributed by atoms with van der Waals surface area (Å²) in [4.78, 5) is 15.6. The van der Waals surface area contributed by atoms with Crippen LogP contribution in [0.4, 0.5) is 0 Å². The second-order valence-corrected chi connectivity index (χ2v) is 8.13. The lowest BCUT2D eigenvalue weighted by molar-refractivity contribution is 0.0188. The van der Waals surface area contributed by atoms with Gasteiger partial charge in [-0.25, -0.2) is 4.79 Å². The maximum Gasteiger partial charge on any atom is 0.348 e. The molecule has 2 aromatic heterocycles. The number of benzene rings is 1. The second kappa shape index (κ2) is 7.52. The van der Waals surface area contributed by atoms with Crippen LogP contribution in [-0.2, 0) is 4.74 Å². The Morgan fingerprint density at radius 2 is 1.92 bits per heavy atom. The van der Waals surface area contributed by atoms with Gasteiger partial charge in [-0.2, -0.15) is 0 Å². The molecule has 1 N–H and O–H groups in total. The molecule has 0 aliphatic carbocycles. The second-order valence-electron chi connectivity index (χ2n) is 6.09. The number of thiophene rings is 2. The zero-order valence-corrected chi connectivity index (χ0v) is 15.3. The molecule has 1 aromatic carbocycles. The molecule has 0 unspecified atom stereocenters. The standard InChI is InChI=1S/C20H19NO2S2/c22-20(19-9-8-18(25-19)17-7-4-12-24-17)23-16-13-21-11-10-15(16)14-5-2-1-3-6-14/h1-9,12,15-16,21H,10-11,13H2/t15-,16+/m0/s1. The maximum atomic E-state index is 12.6. The van der Waals surface area contributed by atoms with Gasteiger partial charge >= 0.3 is 5.97 Å². The molecular formula is C20H19NO2S2. The van der Waals surface area contributed by atoms with Gasteiger partial charge in [0.2, 0.25) is 0 Å². The van der Waals surface area contributed by atoms with E-state index in [1.54, 1.807) is 11.3 Å². The molecule has 1 fully saturated rings. The first-order valence-corrected chi connectivity index (χ1v) is 10.1. The molecule has 25 heavy (non-hydrogen) atoms. The smallest absolute Gasteiger partial charge is 0.348 e. The Kier molecular flexibility index (Phi) is 4.97. The van der Waals surface area contributed by atoms with Crippen molar-refractivity contribution >= 4 is 28.6 Å². The quantitative estimate of drug-likeness (QED) is 0.673. The van der Waals surface area contributed by atoms with E-state index in [9.17, 15) is 4.79 Å². The van der Waals surface area contributed by atoms with Gasteiger partial charge in [-0.15, -0.1) is 22.7 Å². The van der Waals surface area contributed by atoms with E-state index in [0.717, 1.165) is 17.8 Å². The summed E-state index contributed by atoms with van der Waals surface area (Å²) in [6.45, 7) is 1.66. The lowest BCUT2D eigenvalue weighted by atomic mass is 9.88. The van der Waals surface area contributed by atoms with Crippen LogP contribution in [0.5, 0.6) is 0 Å². The number of carbonyl (C=O) groups is 1. The molecule has 3 heterocycles. The van der Waals surface area contributed by atoms with Crippen molar-refractivity contribution in [2.45, 2.75) is 18.4 Å². The lowest BCUT2D eigenvalue weighted by Crippen LogP contribution is -2.42. The first-order valence-electron chi connectivity index (χ1n) is 8.41. The van der Waals surface area contributed by atoms with E-state index in [1.165, 1.54) is 21.8 Å². The third-order valence-electron chi connectivity index (χ3n) is 4.48. The molecular weight excluding hydrogens is 350 g/mol. The summed E-state index contributed by atoms with van der Waals surface area (Å²) in [6.07, 6.45) is 0.850. The molecule has 1 saturated heterocycles. The zero-order chi connectivity index (χ0) is 17.1. The Hall–Kier alpha value is -1.95. The minimum atomic E-state index is -0.220. The van der Waals surface area contributed by atoms with Crippen LogP contribution in [0, 0.1) is 0 Å². The highest BCUT2D eigenvalue weighted by atomic mass is 32.1. The van der Waals surface area contributed by atoms with Crippen molar-refractivity contribution in [1.29, 1.82) is 0 Å². The summed E-state index contributed by atoms with van der Waals surface area (Å²) >= 11 is 3.18. The number of nitrogens with one attached hydrogen (secondary N) is 1. The lowest BCUT2D eigenvalue weighted by Gasteiger charge is -2.32. The van der Waals surface area contributed by atoms with Gasteiger partial charge < -0.3 is 10.1 Å². The van der Waals surface area contributed by atoms with E-state index in [1.807, 2.05) is 41.8 Å². The minimum Gasteiger partial charge on any atom is -0.456 e. The van der Waals surface area contributed by atoms with Gasteiger partial charge in [0.15, 0.2) is 0 Å². The molecule has 1 aliphatic rings. The topological polar surface area (TPSA) is 38.3 Å². The molecule has 2 atom stereocenters. The predicted octanol–water partition coefficient (Wildman–Crippen LogP) is 4.78. The van der Waals surface area contributed by atoms with Crippen LogP contribution in [0.15, 0.2) is 60.0 Å². The van der Waals surface area contributed by atoms with Gasteiger partial charge in [0.25, 0.3) is 0 Å². The van der Waals surface area contributed by atoms with E-state index in [0.29, 0.717) is 11.4 Å². The molecule has 4 rings (SSSR count). The number of esters is 1. The number of piperidine rings is 1. The highest BCUT2D eigenvalue weighted by Crippen LogP contribution is 2.33. The monoisotopic (exact) mass is 369 g/mol. The first-order chi connectivity index (χ1) is 12.3. The van der Waals surface area contributed by atoms with Crippen LogP contribution in [0.2, 0.25) is 0 Å². The molecule has 0 spiro atoms. The maximum absolute atomic E-state index is 12.6. The molecule has 0 amide bonds. The number of carbonyl (C=O) groups excluding carboxylic acids is 1. The van der Waals surface area contributed by atoms with Crippen molar-refractivity contribution in [3.63, 3.8) is 0 Å². The molecule has 3 nitrogen and oxygen atoms in total. The SMILES string of the molecule is O=C(O[C@@H]1CNCC[C@H]1c1ccccc1)c1ccc(-c2cccs2)s1. The van der Waals surface area contributed by atoms with Crippen LogP contribution in [0.1, 0.15) is 27.6 Å². The van der Waals surface area contributed by atoms with Crippen LogP contribution in [-0.4, -0.2) is 25.2 Å². The number of hydrogen-bond donors (Lipinski definition) is 1. The van der Waals surface area contributed by atoms with Gasteiger partial charge in [-0.3, -0.25) is 0 Å². The molecule has 5 heteroatoms. The Morgan fingerprint density at radius 1 is 1.04 bits per heavy atom. The third-order valence-corrected chi connectivity index (χ3v) is 6.61. The minimum absolute atomic E-state index is 0.129. The third kappa shape index (κ3) is 3.68. The fraction of sp³-hybridized carbons (Fsp3) is 0.250. The van der Waals surface area contributed by atoms with Crippen LogP contribution in [0.3, 0.4) is 0 Å². The molecule has 128 valence electrons. The summed E-state index contributed by atoms with van der Waals surface area (Å²) in [5.41, 5.74) is 1.24. The fourth-order valence-electron chi connectivity index (χ4n) is 3.23. The van der Waals surface area contributed by atoms with Gasteiger partial charge in [0.1, 0.15) is 11.0 Å². The largest absolute Gasteiger partial charge is 0.456 e. The van der Waals surface area contributed by atoms with Gasteiger partial charge in [-0.1, -0.05) is 36.4 Å². The van der Waals surface area contributed by atoms with Gasteiger partial charge in [0, 0.05) is 22.2 Å². The van der Waals surface area contributed by atoms with Crippen LogP contribution >= 0.6 is 22.7 Å². The summed E-state index contributed by atoms with van der Waals surface area (Å²) < 4.78 is 5.89. The summed E-state index contributed by atoms with van der Waals surface area (Å²) in [5, 5.41) is 5.39. The molecule has 0 radical (unpaired) electrons. The van der Waals surface area contributed by atoms with Crippen LogP contribution in [0.25, 0.3) is 9.75 Å². The molecule has 0 bridgehead atoms. The number of ether oxygens (including phenoxy) is 1. The van der Waals surface area contributed by atoms with E-state index in [-0.39, 0.29) is 18.0 Å². The Balaban J connectivity index is 1.49. The average Bonchev–Trinajstić information content (AvgIpc) is 3.34. The van der Waals surface area contributed by atoms with Crippen LogP contribution < -0.4 is 5.32 Å². The first kappa shape index (κ1) is 16.5. The Labute approximate surface area is 155 Å². The highest BCUT2D eigenvalue weighted by Gasteiger charge is 2.30. The Bertz CT molecular complexity index is 827. The summed E-state index contributed by atoms with van der Waals surface area (Å²) in [6, 6.07) is 18.3. The van der Waals surface area contributed by atoms with Crippen molar-refractivity contribution in [3.05, 3.63) is 70.4 Å². The van der Waals surface area contributed by atoms with E-state index in [4.69, 9.17) is 4.74 Å². The van der Waals surface area contributed by atoms with E-state index >= 15 is 0 Å². The molecule has 0 saturated carbocycles. The highest BCUT2D eigenvalue weighted by molar-refractivity contribution is 7.22. The summed E-state index contributed by atoms with van der Waals surface area (Å²) in [5.74, 6) is 0.0329. The molecule has 3 aromatic rings. The zero-order valence-electron chi connectivity index (χ0n) is 13.7. The summed E-state index contributed by atoms with van der Waals surface area (Å²) in [7, 11) is 0. The average molecular weight is 370 g/mol. The van der Waals surface area contributed by atoms with E-state index < -0.39 is 0 Å². The number of hydrogen-bond acceptors (Lipinski definition) is 5. The van der Waals surface area contributed by atoms with Crippen molar-refractivity contribution in [3.8, 4) is 9.75 Å². The Morgan fingerprint density at radius 3 is 2.72 bits per heavy atom. The number of rotatable bonds is 4. The van der Waals surface area contributed by atoms with Crippen molar-refractivity contribution in [1.82, 2.24) is 5.32 Å². The fourth-order valence-corrected chi connectivity index (χ4v) is 4.95. The van der Waals surface area contributed by atoms with Crippen molar-refractivity contribution < 1.29 is 9.53 Å². The van der Waals surface area contributed by atoms with Crippen molar-refractivity contribution in [2.24, 2.45) is 0 Å². The molecule has 1 aliphatic heterocycles.